The first kappa shape index (κ1) is 11.2. The molecule has 0 saturated heterocycles. The highest BCUT2D eigenvalue weighted by atomic mass is 32.2. The largest absolute Gasteiger partial charge is 0.285 e. The van der Waals surface area contributed by atoms with Crippen LogP contribution in [0, 0.1) is 0 Å². The first-order chi connectivity index (χ1) is 6.21. The Morgan fingerprint density at radius 3 is 2.43 bits per heavy atom. The van der Waals surface area contributed by atoms with E-state index in [9.17, 15) is 8.42 Å². The van der Waals surface area contributed by atoms with Crippen LogP contribution in [0.2, 0.25) is 0 Å². The van der Waals surface area contributed by atoms with E-state index in [2.05, 4.69) is 0 Å². The summed E-state index contributed by atoms with van der Waals surface area (Å²) in [4.78, 5) is 0. The van der Waals surface area contributed by atoms with Crippen molar-refractivity contribution in [1.82, 2.24) is 4.57 Å². The molecule has 1 heterocycles. The van der Waals surface area contributed by atoms with Crippen molar-refractivity contribution in [3.05, 3.63) is 18.7 Å². The van der Waals surface area contributed by atoms with E-state index >= 15 is 0 Å². The maximum absolute atomic E-state index is 10.8. The Morgan fingerprint density at radius 2 is 2.07 bits per heavy atom. The van der Waals surface area contributed by atoms with Crippen molar-refractivity contribution >= 4 is 10.1 Å². The second-order valence-corrected chi connectivity index (χ2v) is 5.48. The van der Waals surface area contributed by atoms with E-state index in [0.717, 1.165) is 0 Å². The van der Waals surface area contributed by atoms with Crippen LogP contribution < -0.4 is 4.57 Å². The second kappa shape index (κ2) is 3.36. The maximum Gasteiger partial charge on any atom is 0.269 e. The van der Waals surface area contributed by atoms with Crippen LogP contribution >= 0.6 is 0 Å². The normalized spacial score (nSPS) is 13.1. The van der Waals surface area contributed by atoms with Gasteiger partial charge in [0.1, 0.15) is 23.7 Å². The molecule has 1 N–H and O–H groups in total. The van der Waals surface area contributed by atoms with Gasteiger partial charge in [0.05, 0.1) is 7.05 Å². The molecular weight excluding hydrogens is 204 g/mol. The van der Waals surface area contributed by atoms with Gasteiger partial charge in [0.25, 0.3) is 10.1 Å². The lowest BCUT2D eigenvalue weighted by molar-refractivity contribution is -0.671. The molecule has 0 atom stereocenters. The van der Waals surface area contributed by atoms with Gasteiger partial charge in [0.2, 0.25) is 6.33 Å². The van der Waals surface area contributed by atoms with Gasteiger partial charge >= 0.3 is 0 Å². The van der Waals surface area contributed by atoms with Crippen LogP contribution in [-0.2, 0) is 22.7 Å². The summed E-state index contributed by atoms with van der Waals surface area (Å²) in [6, 6.07) is 0. The van der Waals surface area contributed by atoms with Gasteiger partial charge in [-0.2, -0.15) is 8.42 Å². The maximum atomic E-state index is 10.8. The number of imidazole rings is 1. The number of rotatable bonds is 3. The molecule has 0 spiro atoms. The quantitative estimate of drug-likeness (QED) is 0.572. The first-order valence-electron chi connectivity index (χ1n) is 4.20. The Balaban J connectivity index is 2.96. The second-order valence-electron chi connectivity index (χ2n) is 4.03. The van der Waals surface area contributed by atoms with E-state index in [4.69, 9.17) is 4.55 Å². The summed E-state index contributed by atoms with van der Waals surface area (Å²) >= 11 is 0. The molecule has 0 aromatic carbocycles. The molecule has 6 heteroatoms. The van der Waals surface area contributed by atoms with Crippen LogP contribution in [0.25, 0.3) is 0 Å². The number of aryl methyl sites for hydroxylation is 1. The zero-order valence-electron chi connectivity index (χ0n) is 8.51. The summed E-state index contributed by atoms with van der Waals surface area (Å²) in [5.41, 5.74) is -0.644. The molecule has 0 aliphatic carbocycles. The number of nitrogens with zero attached hydrogens (tertiary/aromatic N) is 2. The lowest BCUT2D eigenvalue weighted by atomic mass is 10.1. The van der Waals surface area contributed by atoms with Crippen molar-refractivity contribution < 1.29 is 17.5 Å². The number of hydrogen-bond acceptors (Lipinski definition) is 2. The van der Waals surface area contributed by atoms with Gasteiger partial charge in [-0.1, -0.05) is 0 Å². The predicted octanol–water partition coefficient (Wildman–Crippen LogP) is -0.0645. The smallest absolute Gasteiger partial charge is 0.269 e. The Bertz CT molecular complexity index is 420. The molecular formula is C8H15N2O3S+. The molecule has 0 bridgehead atoms. The molecule has 0 saturated carbocycles. The topological polar surface area (TPSA) is 63.2 Å². The average Bonchev–Trinajstić information content (AvgIpc) is 2.29. The third kappa shape index (κ3) is 2.81. The van der Waals surface area contributed by atoms with Gasteiger partial charge in [0.15, 0.2) is 0 Å². The fraction of sp³-hybridized carbons (Fsp3) is 0.625. The molecule has 0 aliphatic rings. The standard InChI is InChI=1S/C8H14N2O3S/c1-8(2,6-14(11,12)13)10-5-4-9(3)7-10/h4-5,7H,6H2,1-3H3/p+1. The minimum absolute atomic E-state index is 0.297. The first-order valence-corrected chi connectivity index (χ1v) is 5.80. The van der Waals surface area contributed by atoms with E-state index in [1.807, 2.05) is 17.8 Å². The van der Waals surface area contributed by atoms with E-state index in [-0.39, 0.29) is 5.75 Å². The molecule has 0 amide bonds. The summed E-state index contributed by atoms with van der Waals surface area (Å²) in [5, 5.41) is 0. The number of aromatic nitrogens is 2. The Morgan fingerprint density at radius 1 is 1.50 bits per heavy atom. The molecule has 14 heavy (non-hydrogen) atoms. The van der Waals surface area contributed by atoms with Gasteiger partial charge in [-0.05, 0) is 13.8 Å². The fourth-order valence-electron chi connectivity index (χ4n) is 1.33. The van der Waals surface area contributed by atoms with E-state index in [1.165, 1.54) is 0 Å². The molecule has 0 radical (unpaired) electrons. The summed E-state index contributed by atoms with van der Waals surface area (Å²) in [7, 11) is -2.10. The molecule has 0 aliphatic heterocycles. The molecule has 0 fully saturated rings. The third-order valence-electron chi connectivity index (χ3n) is 2.00. The summed E-state index contributed by atoms with van der Waals surface area (Å²) in [5.74, 6) is -0.297. The van der Waals surface area contributed by atoms with Crippen molar-refractivity contribution in [2.75, 3.05) is 5.75 Å². The molecule has 0 unspecified atom stereocenters. The van der Waals surface area contributed by atoms with Gasteiger partial charge in [-0.3, -0.25) is 4.55 Å². The van der Waals surface area contributed by atoms with Gasteiger partial charge < -0.3 is 0 Å². The highest BCUT2D eigenvalue weighted by molar-refractivity contribution is 7.85. The Labute approximate surface area is 83.7 Å². The lowest BCUT2D eigenvalue weighted by Gasteiger charge is -2.18. The van der Waals surface area contributed by atoms with Crippen LogP contribution in [0.3, 0.4) is 0 Å². The third-order valence-corrected chi connectivity index (χ3v) is 3.07. The van der Waals surface area contributed by atoms with Crippen molar-refractivity contribution in [1.29, 1.82) is 0 Å². The molecule has 5 nitrogen and oxygen atoms in total. The summed E-state index contributed by atoms with van der Waals surface area (Å²) < 4.78 is 33.9. The van der Waals surface area contributed by atoms with Crippen LogP contribution in [0.4, 0.5) is 0 Å². The Kier molecular flexibility index (Phi) is 2.69. The van der Waals surface area contributed by atoms with Crippen LogP contribution in [0.15, 0.2) is 18.7 Å². The monoisotopic (exact) mass is 219 g/mol. The van der Waals surface area contributed by atoms with Crippen molar-refractivity contribution in [3.8, 4) is 0 Å². The molecule has 1 rings (SSSR count). The fourth-order valence-corrected chi connectivity index (χ4v) is 2.37. The average molecular weight is 219 g/mol. The number of hydrogen-bond donors (Lipinski definition) is 1. The van der Waals surface area contributed by atoms with E-state index in [0.29, 0.717) is 0 Å². The Hall–Kier alpha value is -0.880. The van der Waals surface area contributed by atoms with Crippen LogP contribution in [0.5, 0.6) is 0 Å². The van der Waals surface area contributed by atoms with Gasteiger partial charge in [0, 0.05) is 0 Å². The molecule has 80 valence electrons. The van der Waals surface area contributed by atoms with Crippen molar-refractivity contribution in [2.24, 2.45) is 7.05 Å². The molecule has 1 aromatic heterocycles. The van der Waals surface area contributed by atoms with Crippen molar-refractivity contribution in [2.45, 2.75) is 19.4 Å². The summed E-state index contributed by atoms with van der Waals surface area (Å²) in [6.07, 6.45) is 5.35. The zero-order valence-corrected chi connectivity index (χ0v) is 9.32. The van der Waals surface area contributed by atoms with Gasteiger partial charge in [-0.25, -0.2) is 9.13 Å². The predicted molar refractivity (Wildman–Crippen MR) is 51.3 cm³/mol. The minimum atomic E-state index is -3.95. The van der Waals surface area contributed by atoms with Crippen LogP contribution in [0.1, 0.15) is 13.8 Å². The van der Waals surface area contributed by atoms with Crippen LogP contribution in [-0.4, -0.2) is 23.3 Å². The zero-order chi connectivity index (χ0) is 11.0. The van der Waals surface area contributed by atoms with Crippen molar-refractivity contribution in [3.63, 3.8) is 0 Å². The minimum Gasteiger partial charge on any atom is -0.285 e. The SMILES string of the molecule is C[n+]1ccn(C(C)(C)CS(=O)(=O)O)c1. The highest BCUT2D eigenvalue weighted by Gasteiger charge is 2.31. The van der Waals surface area contributed by atoms with E-state index in [1.54, 1.807) is 30.9 Å². The van der Waals surface area contributed by atoms with Gasteiger partial charge in [-0.15, -0.1) is 0 Å². The highest BCUT2D eigenvalue weighted by Crippen LogP contribution is 2.15. The lowest BCUT2D eigenvalue weighted by Crippen LogP contribution is -2.35. The summed E-state index contributed by atoms with van der Waals surface area (Å²) in [6.45, 7) is 3.50. The molecule has 1 aromatic rings. The van der Waals surface area contributed by atoms with E-state index < -0.39 is 15.7 Å².